The van der Waals surface area contributed by atoms with Gasteiger partial charge in [0.25, 0.3) is 0 Å². The van der Waals surface area contributed by atoms with Gasteiger partial charge in [-0.15, -0.1) is 0 Å². The number of para-hydroxylation sites is 1. The number of nitrogens with two attached hydrogens (primary N) is 1. The van der Waals surface area contributed by atoms with Gasteiger partial charge in [0.1, 0.15) is 5.82 Å². The van der Waals surface area contributed by atoms with Crippen molar-refractivity contribution in [1.82, 2.24) is 0 Å². The van der Waals surface area contributed by atoms with Crippen LogP contribution in [0.4, 0.5) is 21.5 Å². The minimum atomic E-state index is -0.354. The molecule has 0 amide bonds. The molecular weight excluding hydrogens is 239 g/mol. The van der Waals surface area contributed by atoms with E-state index in [1.54, 1.807) is 12.1 Å². The van der Waals surface area contributed by atoms with Crippen molar-refractivity contribution in [3.63, 3.8) is 0 Å². The number of fused-ring (bicyclic) bond motifs is 1. The predicted molar refractivity (Wildman–Crippen MR) is 78.0 cm³/mol. The molecule has 0 saturated heterocycles. The fourth-order valence-electron chi connectivity index (χ4n) is 2.08. The molecule has 3 rings (SSSR count). The van der Waals surface area contributed by atoms with E-state index in [1.807, 2.05) is 42.5 Å². The van der Waals surface area contributed by atoms with Crippen molar-refractivity contribution < 1.29 is 4.39 Å². The van der Waals surface area contributed by atoms with Crippen LogP contribution in [0.25, 0.3) is 10.8 Å². The van der Waals surface area contributed by atoms with Gasteiger partial charge in [0, 0.05) is 5.69 Å². The molecule has 94 valence electrons. The van der Waals surface area contributed by atoms with Crippen LogP contribution in [0.5, 0.6) is 0 Å². The zero-order chi connectivity index (χ0) is 13.2. The van der Waals surface area contributed by atoms with Gasteiger partial charge in [-0.05, 0) is 35.0 Å². The summed E-state index contributed by atoms with van der Waals surface area (Å²) < 4.78 is 13.7. The van der Waals surface area contributed by atoms with Crippen LogP contribution in [0.3, 0.4) is 0 Å². The molecule has 0 heterocycles. The Hall–Kier alpha value is -2.55. The fraction of sp³-hybridized carbons (Fsp3) is 0. The number of hydrogen-bond donors (Lipinski definition) is 2. The smallest absolute Gasteiger partial charge is 0.148 e. The maximum Gasteiger partial charge on any atom is 0.148 e. The molecule has 3 aromatic carbocycles. The van der Waals surface area contributed by atoms with Gasteiger partial charge >= 0.3 is 0 Å². The number of hydrogen-bond acceptors (Lipinski definition) is 2. The topological polar surface area (TPSA) is 38.0 Å². The third kappa shape index (κ3) is 2.22. The maximum atomic E-state index is 13.7. The number of nitrogens with one attached hydrogen (secondary N) is 1. The Bertz CT molecular complexity index is 717. The molecule has 0 bridgehead atoms. The van der Waals surface area contributed by atoms with Gasteiger partial charge < -0.3 is 11.1 Å². The van der Waals surface area contributed by atoms with Crippen LogP contribution >= 0.6 is 0 Å². The first-order valence-electron chi connectivity index (χ1n) is 6.04. The number of nitrogen functional groups attached to an aromatic ring is 1. The van der Waals surface area contributed by atoms with Crippen molar-refractivity contribution in [2.24, 2.45) is 0 Å². The molecule has 3 heteroatoms. The highest BCUT2D eigenvalue weighted by Crippen LogP contribution is 2.27. The number of halogens is 1. The standard InChI is InChI=1S/C16H13FN2/c17-14-6-3-7-15(18)16(14)19-13-9-8-11-4-1-2-5-12(11)10-13/h1-10,19H,18H2. The van der Waals surface area contributed by atoms with Crippen molar-refractivity contribution >= 4 is 27.8 Å². The van der Waals surface area contributed by atoms with Crippen LogP contribution in [-0.4, -0.2) is 0 Å². The lowest BCUT2D eigenvalue weighted by Crippen LogP contribution is -1.99. The van der Waals surface area contributed by atoms with Crippen LogP contribution < -0.4 is 11.1 Å². The lowest BCUT2D eigenvalue weighted by Gasteiger charge is -2.11. The normalized spacial score (nSPS) is 10.6. The van der Waals surface area contributed by atoms with Gasteiger partial charge in [-0.1, -0.05) is 36.4 Å². The molecule has 2 nitrogen and oxygen atoms in total. The summed E-state index contributed by atoms with van der Waals surface area (Å²) in [6.45, 7) is 0. The van der Waals surface area contributed by atoms with E-state index in [0.717, 1.165) is 16.5 Å². The van der Waals surface area contributed by atoms with E-state index in [1.165, 1.54) is 6.07 Å². The quantitative estimate of drug-likeness (QED) is 0.667. The van der Waals surface area contributed by atoms with Gasteiger partial charge in [-0.25, -0.2) is 4.39 Å². The average molecular weight is 252 g/mol. The molecule has 0 spiro atoms. The van der Waals surface area contributed by atoms with Crippen LogP contribution in [-0.2, 0) is 0 Å². The van der Waals surface area contributed by atoms with Gasteiger partial charge in [0.2, 0.25) is 0 Å². The molecule has 0 unspecified atom stereocenters. The molecule has 0 atom stereocenters. The lowest BCUT2D eigenvalue weighted by atomic mass is 10.1. The van der Waals surface area contributed by atoms with Crippen molar-refractivity contribution in [2.75, 3.05) is 11.1 Å². The zero-order valence-corrected chi connectivity index (χ0v) is 10.2. The monoisotopic (exact) mass is 252 g/mol. The zero-order valence-electron chi connectivity index (χ0n) is 10.2. The Balaban J connectivity index is 2.01. The minimum absolute atomic E-state index is 0.317. The molecule has 0 saturated carbocycles. The molecule has 0 fully saturated rings. The summed E-state index contributed by atoms with van der Waals surface area (Å²) in [6.07, 6.45) is 0. The second kappa shape index (κ2) is 4.61. The molecule has 0 aliphatic heterocycles. The first kappa shape index (κ1) is 11.5. The molecule has 0 aliphatic rings. The van der Waals surface area contributed by atoms with E-state index in [9.17, 15) is 4.39 Å². The summed E-state index contributed by atoms with van der Waals surface area (Å²) in [5.41, 5.74) is 7.31. The maximum absolute atomic E-state index is 13.7. The first-order valence-corrected chi connectivity index (χ1v) is 6.04. The first-order chi connectivity index (χ1) is 9.24. The third-order valence-corrected chi connectivity index (χ3v) is 3.06. The van der Waals surface area contributed by atoms with Crippen molar-refractivity contribution in [1.29, 1.82) is 0 Å². The van der Waals surface area contributed by atoms with Crippen LogP contribution in [0.2, 0.25) is 0 Å². The van der Waals surface area contributed by atoms with E-state index >= 15 is 0 Å². The molecule has 3 aromatic rings. The number of anilines is 3. The SMILES string of the molecule is Nc1cccc(F)c1Nc1ccc2ccccc2c1. The Kier molecular flexibility index (Phi) is 2.80. The summed E-state index contributed by atoms with van der Waals surface area (Å²) >= 11 is 0. The summed E-state index contributed by atoms with van der Waals surface area (Å²) in [5, 5.41) is 5.28. The molecular formula is C16H13FN2. The molecule has 19 heavy (non-hydrogen) atoms. The van der Waals surface area contributed by atoms with Crippen molar-refractivity contribution in [3.05, 3.63) is 66.5 Å². The highest BCUT2D eigenvalue weighted by atomic mass is 19.1. The molecule has 3 N–H and O–H groups in total. The van der Waals surface area contributed by atoms with Gasteiger partial charge in [0.15, 0.2) is 0 Å². The Morgan fingerprint density at radius 1 is 0.842 bits per heavy atom. The summed E-state index contributed by atoms with van der Waals surface area (Å²) in [4.78, 5) is 0. The minimum Gasteiger partial charge on any atom is -0.397 e. The number of rotatable bonds is 2. The van der Waals surface area contributed by atoms with Gasteiger partial charge in [0.05, 0.1) is 11.4 Å². The second-order valence-electron chi connectivity index (χ2n) is 4.39. The Morgan fingerprint density at radius 2 is 1.63 bits per heavy atom. The summed E-state index contributed by atoms with van der Waals surface area (Å²) in [5.74, 6) is -0.354. The van der Waals surface area contributed by atoms with Crippen molar-refractivity contribution in [2.45, 2.75) is 0 Å². The van der Waals surface area contributed by atoms with Crippen LogP contribution in [0, 0.1) is 5.82 Å². The van der Waals surface area contributed by atoms with Crippen molar-refractivity contribution in [3.8, 4) is 0 Å². The van der Waals surface area contributed by atoms with E-state index in [2.05, 4.69) is 5.32 Å². The largest absolute Gasteiger partial charge is 0.397 e. The van der Waals surface area contributed by atoms with Crippen LogP contribution in [0.15, 0.2) is 60.7 Å². The Labute approximate surface area is 110 Å². The van der Waals surface area contributed by atoms with Crippen LogP contribution in [0.1, 0.15) is 0 Å². The summed E-state index contributed by atoms with van der Waals surface area (Å²) in [7, 11) is 0. The Morgan fingerprint density at radius 3 is 2.42 bits per heavy atom. The van der Waals surface area contributed by atoms with Gasteiger partial charge in [-0.2, -0.15) is 0 Å². The van der Waals surface area contributed by atoms with E-state index in [4.69, 9.17) is 5.73 Å². The third-order valence-electron chi connectivity index (χ3n) is 3.06. The lowest BCUT2D eigenvalue weighted by molar-refractivity contribution is 0.632. The fourth-order valence-corrected chi connectivity index (χ4v) is 2.08. The number of benzene rings is 3. The average Bonchev–Trinajstić information content (AvgIpc) is 2.43. The van der Waals surface area contributed by atoms with E-state index < -0.39 is 0 Å². The highest BCUT2D eigenvalue weighted by molar-refractivity contribution is 5.87. The second-order valence-corrected chi connectivity index (χ2v) is 4.39. The highest BCUT2D eigenvalue weighted by Gasteiger charge is 2.06. The molecule has 0 aromatic heterocycles. The molecule has 0 radical (unpaired) electrons. The summed E-state index contributed by atoms with van der Waals surface area (Å²) in [6, 6.07) is 18.6. The van der Waals surface area contributed by atoms with E-state index in [-0.39, 0.29) is 5.82 Å². The van der Waals surface area contributed by atoms with Gasteiger partial charge in [-0.3, -0.25) is 0 Å². The molecule has 0 aliphatic carbocycles. The van der Waals surface area contributed by atoms with E-state index in [0.29, 0.717) is 11.4 Å². The predicted octanol–water partition coefficient (Wildman–Crippen LogP) is 4.30.